The van der Waals surface area contributed by atoms with Gasteiger partial charge in [-0.2, -0.15) is 0 Å². The number of rotatable bonds is 5. The summed E-state index contributed by atoms with van der Waals surface area (Å²) in [7, 11) is 3.75. The van der Waals surface area contributed by atoms with Crippen molar-refractivity contribution in [2.24, 2.45) is 5.41 Å². The van der Waals surface area contributed by atoms with Gasteiger partial charge in [0, 0.05) is 30.9 Å². The van der Waals surface area contributed by atoms with Crippen LogP contribution < -0.4 is 10.2 Å². The molecule has 2 amide bonds. The molecule has 7 heteroatoms. The number of likely N-dealkylation sites (tertiary alicyclic amines) is 1. The van der Waals surface area contributed by atoms with E-state index in [9.17, 15) is 19.8 Å². The van der Waals surface area contributed by atoms with E-state index in [4.69, 9.17) is 0 Å². The second kappa shape index (κ2) is 8.32. The third-order valence-corrected chi connectivity index (χ3v) is 5.01. The van der Waals surface area contributed by atoms with Gasteiger partial charge in [-0.25, -0.2) is 0 Å². The van der Waals surface area contributed by atoms with E-state index in [2.05, 4.69) is 26.1 Å². The number of nitrogens with one attached hydrogen (secondary N) is 1. The summed E-state index contributed by atoms with van der Waals surface area (Å²) in [5.74, 6) is -0.849. The van der Waals surface area contributed by atoms with E-state index in [0.29, 0.717) is 5.56 Å². The number of carbonyl (C=O) groups excluding carboxylic acids is 2. The normalized spacial score (nSPS) is 22.5. The molecule has 0 spiro atoms. The van der Waals surface area contributed by atoms with Crippen LogP contribution in [0.4, 0.5) is 5.69 Å². The van der Waals surface area contributed by atoms with Crippen molar-refractivity contribution in [1.29, 1.82) is 0 Å². The predicted octanol–water partition coefficient (Wildman–Crippen LogP) is 1.63. The molecule has 1 saturated heterocycles. The molecule has 1 aromatic rings. The van der Waals surface area contributed by atoms with Gasteiger partial charge in [0.25, 0.3) is 5.91 Å². The lowest BCUT2D eigenvalue weighted by atomic mass is 9.81. The van der Waals surface area contributed by atoms with Crippen molar-refractivity contribution in [2.45, 2.75) is 64.8 Å². The maximum absolute atomic E-state index is 13.1. The first-order valence-corrected chi connectivity index (χ1v) is 9.98. The molecule has 162 valence electrons. The summed E-state index contributed by atoms with van der Waals surface area (Å²) in [6, 6.07) is 5.92. The van der Waals surface area contributed by atoms with Crippen molar-refractivity contribution in [3.05, 3.63) is 29.8 Å². The summed E-state index contributed by atoms with van der Waals surface area (Å²) < 4.78 is 0. The molecule has 2 rings (SSSR count). The van der Waals surface area contributed by atoms with E-state index in [1.165, 1.54) is 4.90 Å². The van der Waals surface area contributed by atoms with Crippen LogP contribution in [0, 0.1) is 5.41 Å². The minimum absolute atomic E-state index is 0.00723. The summed E-state index contributed by atoms with van der Waals surface area (Å²) in [5, 5.41) is 23.6. The van der Waals surface area contributed by atoms with Gasteiger partial charge < -0.3 is 25.3 Å². The molecule has 0 bridgehead atoms. The Morgan fingerprint density at radius 3 is 2.34 bits per heavy atom. The highest BCUT2D eigenvalue weighted by Crippen LogP contribution is 2.28. The molecule has 1 unspecified atom stereocenters. The van der Waals surface area contributed by atoms with Gasteiger partial charge in [-0.3, -0.25) is 9.59 Å². The van der Waals surface area contributed by atoms with Crippen LogP contribution in [0.25, 0.3) is 0 Å². The number of nitrogens with zero attached hydrogens (tertiary/aromatic N) is 2. The first-order chi connectivity index (χ1) is 13.2. The largest absolute Gasteiger partial charge is 0.388 e. The highest BCUT2D eigenvalue weighted by atomic mass is 16.3. The van der Waals surface area contributed by atoms with E-state index >= 15 is 0 Å². The van der Waals surface area contributed by atoms with Crippen LogP contribution in [0.15, 0.2) is 24.3 Å². The minimum Gasteiger partial charge on any atom is -0.388 e. The smallest absolute Gasteiger partial charge is 0.254 e. The Labute approximate surface area is 173 Å². The molecule has 29 heavy (non-hydrogen) atoms. The monoisotopic (exact) mass is 405 g/mol. The second-order valence-electron chi connectivity index (χ2n) is 10.0. The molecule has 1 aliphatic rings. The van der Waals surface area contributed by atoms with Crippen molar-refractivity contribution >= 4 is 17.5 Å². The highest BCUT2D eigenvalue weighted by molar-refractivity contribution is 5.99. The zero-order valence-electron chi connectivity index (χ0n) is 18.6. The average Bonchev–Trinajstić information content (AvgIpc) is 2.86. The van der Waals surface area contributed by atoms with Gasteiger partial charge in [-0.15, -0.1) is 0 Å². The maximum Gasteiger partial charge on any atom is 0.254 e. The Morgan fingerprint density at radius 2 is 1.79 bits per heavy atom. The van der Waals surface area contributed by atoms with Crippen LogP contribution in [-0.2, 0) is 4.79 Å². The Hall–Kier alpha value is -2.12. The predicted molar refractivity (Wildman–Crippen MR) is 114 cm³/mol. The summed E-state index contributed by atoms with van der Waals surface area (Å²) in [4.78, 5) is 29.3. The van der Waals surface area contributed by atoms with Gasteiger partial charge in [-0.1, -0.05) is 26.8 Å². The number of hydrogen-bond donors (Lipinski definition) is 3. The molecule has 0 aliphatic carbocycles. The number of β-amino-alcohol motifs (C(OH)–C–C–N with tert-alkyl or cyclic N) is 1. The lowest BCUT2D eigenvalue weighted by molar-refractivity contribution is -0.129. The fraction of sp³-hybridized carbons (Fsp3) is 0.636. The number of hydrogen-bond acceptors (Lipinski definition) is 5. The van der Waals surface area contributed by atoms with Crippen LogP contribution in [0.1, 0.15) is 51.4 Å². The van der Waals surface area contributed by atoms with Crippen molar-refractivity contribution in [2.75, 3.05) is 25.5 Å². The maximum atomic E-state index is 13.1. The number of benzene rings is 1. The van der Waals surface area contributed by atoms with Gasteiger partial charge in [0.05, 0.1) is 6.54 Å². The Morgan fingerprint density at radius 1 is 1.17 bits per heavy atom. The van der Waals surface area contributed by atoms with E-state index < -0.39 is 35.6 Å². The molecule has 1 heterocycles. The molecule has 7 nitrogen and oxygen atoms in total. The molecule has 0 saturated carbocycles. The van der Waals surface area contributed by atoms with Gasteiger partial charge in [0.1, 0.15) is 18.2 Å². The molecule has 1 fully saturated rings. The lowest BCUT2D eigenvalue weighted by Crippen LogP contribution is -2.56. The number of aliphatic hydroxyl groups is 2. The van der Waals surface area contributed by atoms with Crippen molar-refractivity contribution in [3.8, 4) is 0 Å². The average molecular weight is 406 g/mol. The summed E-state index contributed by atoms with van der Waals surface area (Å²) in [5.41, 5.74) is 0.724. The summed E-state index contributed by atoms with van der Waals surface area (Å²) >= 11 is 0. The standard InChI is InChI=1S/C22H35N3O4/c1-21(2,3)13-22(4,5)23-19(28)17-18(27)16(26)12-25(17)20(29)14-9-8-10-15(11-14)24(6)7/h8-11,16-18,26-27H,12-13H2,1-7H3,(H,23,28)/t16-,17?,18+/m0/s1. The van der Waals surface area contributed by atoms with Gasteiger partial charge >= 0.3 is 0 Å². The molecule has 0 radical (unpaired) electrons. The van der Waals surface area contributed by atoms with Gasteiger partial charge in [0.2, 0.25) is 5.91 Å². The molecule has 1 aromatic carbocycles. The fourth-order valence-electron chi connectivity index (χ4n) is 4.18. The third kappa shape index (κ3) is 5.70. The topological polar surface area (TPSA) is 93.1 Å². The SMILES string of the molecule is CN(C)c1cccc(C(=O)N2C[C@H](O)[C@@H](O)C2C(=O)NC(C)(C)CC(C)(C)C)c1. The summed E-state index contributed by atoms with van der Waals surface area (Å²) in [6.45, 7) is 10.00. The Balaban J connectivity index is 2.26. The van der Waals surface area contributed by atoms with E-state index in [1.807, 2.05) is 38.9 Å². The molecular weight excluding hydrogens is 370 g/mol. The Bertz CT molecular complexity index is 755. The van der Waals surface area contributed by atoms with E-state index in [-0.39, 0.29) is 12.0 Å². The van der Waals surface area contributed by atoms with Crippen LogP contribution in [0.2, 0.25) is 0 Å². The zero-order valence-corrected chi connectivity index (χ0v) is 18.6. The minimum atomic E-state index is -1.33. The molecular formula is C22H35N3O4. The summed E-state index contributed by atoms with van der Waals surface area (Å²) in [6.07, 6.45) is -1.78. The second-order valence-corrected chi connectivity index (χ2v) is 10.0. The van der Waals surface area contributed by atoms with Crippen LogP contribution in [-0.4, -0.2) is 71.4 Å². The molecule has 0 aromatic heterocycles. The number of amides is 2. The zero-order chi connectivity index (χ0) is 22.1. The van der Waals surface area contributed by atoms with Gasteiger partial charge in [-0.05, 0) is 43.9 Å². The van der Waals surface area contributed by atoms with Crippen molar-refractivity contribution in [3.63, 3.8) is 0 Å². The van der Waals surface area contributed by atoms with Crippen molar-refractivity contribution in [1.82, 2.24) is 10.2 Å². The first-order valence-electron chi connectivity index (χ1n) is 9.98. The van der Waals surface area contributed by atoms with Crippen LogP contribution >= 0.6 is 0 Å². The Kier molecular flexibility index (Phi) is 6.65. The van der Waals surface area contributed by atoms with Gasteiger partial charge in [0.15, 0.2) is 0 Å². The number of anilines is 1. The molecule has 3 N–H and O–H groups in total. The quantitative estimate of drug-likeness (QED) is 0.692. The highest BCUT2D eigenvalue weighted by Gasteiger charge is 2.47. The molecule has 1 aliphatic heterocycles. The number of aliphatic hydroxyl groups excluding tert-OH is 2. The third-order valence-electron chi connectivity index (χ3n) is 5.01. The first kappa shape index (κ1) is 23.2. The number of carbonyl (C=O) groups is 2. The molecule has 3 atom stereocenters. The fourth-order valence-corrected chi connectivity index (χ4v) is 4.18. The van der Waals surface area contributed by atoms with E-state index in [0.717, 1.165) is 12.1 Å². The van der Waals surface area contributed by atoms with E-state index in [1.54, 1.807) is 18.2 Å². The van der Waals surface area contributed by atoms with Crippen LogP contribution in [0.3, 0.4) is 0 Å². The lowest BCUT2D eigenvalue weighted by Gasteiger charge is -2.35. The van der Waals surface area contributed by atoms with Crippen LogP contribution in [0.5, 0.6) is 0 Å². The van der Waals surface area contributed by atoms with Crippen molar-refractivity contribution < 1.29 is 19.8 Å².